The zero-order valence-electron chi connectivity index (χ0n) is 21.4. The number of nitrogens with two attached hydrogens (primary N) is 1. The van der Waals surface area contributed by atoms with Crippen LogP contribution in [-0.4, -0.2) is 28.2 Å². The topological polar surface area (TPSA) is 110 Å². The second kappa shape index (κ2) is 10.2. The number of carboxylic acid groups (broad SMARTS) is 1. The Hall–Kier alpha value is -4.91. The van der Waals surface area contributed by atoms with E-state index in [1.807, 2.05) is 56.3 Å². The molecule has 0 radical (unpaired) electrons. The molecule has 5 aromatic rings. The summed E-state index contributed by atoms with van der Waals surface area (Å²) in [5, 5.41) is 14.0. The van der Waals surface area contributed by atoms with Crippen molar-refractivity contribution in [3.8, 4) is 28.1 Å². The van der Waals surface area contributed by atoms with Gasteiger partial charge in [0.15, 0.2) is 0 Å². The summed E-state index contributed by atoms with van der Waals surface area (Å²) in [4.78, 5) is 21.1. The van der Waals surface area contributed by atoms with Gasteiger partial charge in [-0.3, -0.25) is 0 Å². The zero-order valence-corrected chi connectivity index (χ0v) is 21.4. The minimum atomic E-state index is -0.973. The van der Waals surface area contributed by atoms with E-state index in [0.717, 1.165) is 50.2 Å². The number of aryl methyl sites for hydroxylation is 1. The molecular formula is C31H28N4O3. The van der Waals surface area contributed by atoms with Gasteiger partial charge in [0.2, 0.25) is 0 Å². The number of pyridine rings is 2. The van der Waals surface area contributed by atoms with Gasteiger partial charge in [-0.2, -0.15) is 0 Å². The van der Waals surface area contributed by atoms with Gasteiger partial charge in [0.1, 0.15) is 11.6 Å². The quantitative estimate of drug-likeness (QED) is 0.225. The number of carbonyl (C=O) groups is 1. The molecule has 0 bridgehead atoms. The molecule has 3 aromatic carbocycles. The van der Waals surface area contributed by atoms with E-state index in [2.05, 4.69) is 28.5 Å². The molecule has 2 heterocycles. The number of nitrogen functional groups attached to an aromatic ring is 1. The van der Waals surface area contributed by atoms with Crippen molar-refractivity contribution in [1.82, 2.24) is 9.97 Å². The number of hydrogen-bond acceptors (Lipinski definition) is 6. The molecule has 4 N–H and O–H groups in total. The molecule has 0 aliphatic rings. The molecule has 1 atom stereocenters. The first-order valence-corrected chi connectivity index (χ1v) is 12.2. The maximum atomic E-state index is 11.8. The number of rotatable bonds is 7. The molecule has 2 aromatic heterocycles. The van der Waals surface area contributed by atoms with Crippen LogP contribution in [0.25, 0.3) is 33.3 Å². The molecule has 7 nitrogen and oxygen atoms in total. The summed E-state index contributed by atoms with van der Waals surface area (Å²) in [6, 6.07) is 24.7. The fraction of sp³-hybridized carbons (Fsp3) is 0.129. The van der Waals surface area contributed by atoms with Crippen molar-refractivity contribution in [3.63, 3.8) is 0 Å². The van der Waals surface area contributed by atoms with E-state index in [1.165, 1.54) is 0 Å². The summed E-state index contributed by atoms with van der Waals surface area (Å²) >= 11 is 0. The summed E-state index contributed by atoms with van der Waals surface area (Å²) in [6.45, 7) is 4.06. The van der Waals surface area contributed by atoms with Crippen LogP contribution < -0.4 is 15.8 Å². The van der Waals surface area contributed by atoms with Gasteiger partial charge >= 0.3 is 5.97 Å². The van der Waals surface area contributed by atoms with E-state index < -0.39 is 5.97 Å². The van der Waals surface area contributed by atoms with Crippen LogP contribution in [-0.2, 0) is 0 Å². The van der Waals surface area contributed by atoms with Crippen LogP contribution in [0.4, 0.5) is 11.5 Å². The average molecular weight is 505 g/mol. The number of nitrogens with one attached hydrogen (secondary N) is 1. The fourth-order valence-corrected chi connectivity index (χ4v) is 4.72. The molecule has 0 spiro atoms. The van der Waals surface area contributed by atoms with Gasteiger partial charge in [-0.15, -0.1) is 0 Å². The molecular weight excluding hydrogens is 476 g/mol. The van der Waals surface area contributed by atoms with Gasteiger partial charge < -0.3 is 20.9 Å². The number of fused-ring (bicyclic) bond motifs is 1. The van der Waals surface area contributed by atoms with E-state index >= 15 is 0 Å². The first-order chi connectivity index (χ1) is 18.3. The number of methoxy groups -OCH3 is 1. The van der Waals surface area contributed by atoms with Gasteiger partial charge in [-0.05, 0) is 79.1 Å². The lowest BCUT2D eigenvalue weighted by Gasteiger charge is -2.21. The highest BCUT2D eigenvalue weighted by molar-refractivity contribution is 5.96. The van der Waals surface area contributed by atoms with Crippen molar-refractivity contribution in [1.29, 1.82) is 0 Å². The Morgan fingerprint density at radius 2 is 1.76 bits per heavy atom. The predicted octanol–water partition coefficient (Wildman–Crippen LogP) is 6.73. The maximum absolute atomic E-state index is 11.8. The molecule has 0 aliphatic carbocycles. The third-order valence-corrected chi connectivity index (χ3v) is 6.56. The van der Waals surface area contributed by atoms with Crippen LogP contribution in [0.5, 0.6) is 5.75 Å². The first-order valence-electron chi connectivity index (χ1n) is 12.2. The number of benzene rings is 3. The second-order valence-electron chi connectivity index (χ2n) is 9.22. The largest absolute Gasteiger partial charge is 0.497 e. The first kappa shape index (κ1) is 24.8. The lowest BCUT2D eigenvalue weighted by Crippen LogP contribution is -2.11. The van der Waals surface area contributed by atoms with Gasteiger partial charge in [0, 0.05) is 34.4 Å². The van der Waals surface area contributed by atoms with Crippen molar-refractivity contribution < 1.29 is 14.6 Å². The van der Waals surface area contributed by atoms with Crippen LogP contribution in [0.15, 0.2) is 85.1 Å². The lowest BCUT2D eigenvalue weighted by molar-refractivity contribution is 0.0698. The molecule has 5 rings (SSSR count). The summed E-state index contributed by atoms with van der Waals surface area (Å²) in [5.41, 5.74) is 13.3. The van der Waals surface area contributed by atoms with Crippen molar-refractivity contribution in [3.05, 3.63) is 102 Å². The molecule has 7 heteroatoms. The SMILES string of the molecule is COc1ccc(-c2cc3c(C(C)Nc4ccccc4C(=O)O)cc(C)cc3nc2-c2ccnc(N)c2)cc1. The molecule has 190 valence electrons. The standard InChI is InChI=1S/C31H28N4O3/c1-18-14-24(19(2)34-27-7-5-4-6-23(27)31(36)37)26-17-25(20-8-10-22(38-3)11-9-20)30(35-28(26)15-18)21-12-13-33-29(32)16-21/h4-17,19,34H,1-3H3,(H2,32,33)(H,36,37). The molecule has 0 aliphatic heterocycles. The minimum Gasteiger partial charge on any atom is -0.497 e. The van der Waals surface area contributed by atoms with E-state index in [-0.39, 0.29) is 11.6 Å². The highest BCUT2D eigenvalue weighted by Crippen LogP contribution is 2.37. The number of para-hydroxylation sites is 1. The Morgan fingerprint density at radius 3 is 2.47 bits per heavy atom. The maximum Gasteiger partial charge on any atom is 0.337 e. The number of nitrogens with zero attached hydrogens (tertiary/aromatic N) is 2. The highest BCUT2D eigenvalue weighted by Gasteiger charge is 2.18. The van der Waals surface area contributed by atoms with Gasteiger partial charge in [0.05, 0.1) is 23.9 Å². The molecule has 0 saturated heterocycles. The van der Waals surface area contributed by atoms with E-state index in [9.17, 15) is 9.90 Å². The van der Waals surface area contributed by atoms with E-state index in [0.29, 0.717) is 11.5 Å². The van der Waals surface area contributed by atoms with Gasteiger partial charge in [0.25, 0.3) is 0 Å². The van der Waals surface area contributed by atoms with Crippen molar-refractivity contribution >= 4 is 28.4 Å². The Kier molecular flexibility index (Phi) is 6.66. The monoisotopic (exact) mass is 504 g/mol. The smallest absolute Gasteiger partial charge is 0.337 e. The average Bonchev–Trinajstić information content (AvgIpc) is 2.92. The Bertz CT molecular complexity index is 1650. The molecule has 0 amide bonds. The number of aromatic carboxylic acids is 1. The third kappa shape index (κ3) is 4.86. The summed E-state index contributed by atoms with van der Waals surface area (Å²) < 4.78 is 5.36. The van der Waals surface area contributed by atoms with Crippen molar-refractivity contribution in [2.24, 2.45) is 0 Å². The van der Waals surface area contributed by atoms with Crippen molar-refractivity contribution in [2.75, 3.05) is 18.2 Å². The van der Waals surface area contributed by atoms with Crippen LogP contribution in [0, 0.1) is 6.92 Å². The van der Waals surface area contributed by atoms with Crippen molar-refractivity contribution in [2.45, 2.75) is 19.9 Å². The Balaban J connectivity index is 1.70. The van der Waals surface area contributed by atoms with Crippen LogP contribution >= 0.6 is 0 Å². The fourth-order valence-electron chi connectivity index (χ4n) is 4.72. The zero-order chi connectivity index (χ0) is 26.8. The molecule has 38 heavy (non-hydrogen) atoms. The van der Waals surface area contributed by atoms with E-state index in [1.54, 1.807) is 31.5 Å². The second-order valence-corrected chi connectivity index (χ2v) is 9.22. The molecule has 0 saturated carbocycles. The Labute approximate surface area is 221 Å². The van der Waals surface area contributed by atoms with Crippen LogP contribution in [0.1, 0.15) is 34.5 Å². The molecule has 1 unspecified atom stereocenters. The van der Waals surface area contributed by atoms with E-state index in [4.69, 9.17) is 15.5 Å². The number of aromatic nitrogens is 2. The number of anilines is 2. The van der Waals surface area contributed by atoms with Crippen LogP contribution in [0.2, 0.25) is 0 Å². The molecule has 0 fully saturated rings. The number of carboxylic acids is 1. The predicted molar refractivity (Wildman–Crippen MR) is 152 cm³/mol. The summed E-state index contributed by atoms with van der Waals surface area (Å²) in [6.07, 6.45) is 1.68. The normalized spacial score (nSPS) is 11.8. The highest BCUT2D eigenvalue weighted by atomic mass is 16.5. The third-order valence-electron chi connectivity index (χ3n) is 6.56. The van der Waals surface area contributed by atoms with Gasteiger partial charge in [-0.25, -0.2) is 14.8 Å². The summed E-state index contributed by atoms with van der Waals surface area (Å²) in [7, 11) is 1.64. The lowest BCUT2D eigenvalue weighted by atomic mass is 9.93. The number of hydrogen-bond donors (Lipinski definition) is 3. The Morgan fingerprint density at radius 1 is 1.00 bits per heavy atom. The minimum absolute atomic E-state index is 0.189. The number of ether oxygens (including phenoxy) is 1. The van der Waals surface area contributed by atoms with Gasteiger partial charge in [-0.1, -0.05) is 30.3 Å². The summed E-state index contributed by atoms with van der Waals surface area (Å²) in [5.74, 6) is 0.215. The van der Waals surface area contributed by atoms with Crippen LogP contribution in [0.3, 0.4) is 0 Å².